The van der Waals surface area contributed by atoms with Crippen LogP contribution in [0.15, 0.2) is 24.3 Å². The maximum atomic E-state index is 4.48. The van der Waals surface area contributed by atoms with Crippen LogP contribution in [0.4, 0.5) is 5.95 Å². The summed E-state index contributed by atoms with van der Waals surface area (Å²) in [5.74, 6) is 0.870. The molecule has 4 nitrogen and oxygen atoms in total. The molecule has 3 rings (SSSR count). The van der Waals surface area contributed by atoms with Crippen molar-refractivity contribution < 1.29 is 0 Å². The van der Waals surface area contributed by atoms with Crippen LogP contribution in [-0.2, 0) is 0 Å². The number of imidazole rings is 1. The number of aromatic amines is 1. The van der Waals surface area contributed by atoms with Crippen LogP contribution in [0, 0.1) is 0 Å². The van der Waals surface area contributed by atoms with Gasteiger partial charge in [0, 0.05) is 12.6 Å². The molecule has 1 aromatic carbocycles. The summed E-state index contributed by atoms with van der Waals surface area (Å²) in [6.45, 7) is 2.09. The zero-order valence-corrected chi connectivity index (χ0v) is 9.16. The first-order valence-electron chi connectivity index (χ1n) is 5.84. The highest BCUT2D eigenvalue weighted by molar-refractivity contribution is 5.77. The Morgan fingerprint density at radius 2 is 2.31 bits per heavy atom. The van der Waals surface area contributed by atoms with Crippen LogP contribution in [-0.4, -0.2) is 29.1 Å². The van der Waals surface area contributed by atoms with Crippen LogP contribution >= 0.6 is 0 Å². The molecule has 1 atom stereocenters. The van der Waals surface area contributed by atoms with Gasteiger partial charge in [-0.05, 0) is 31.5 Å². The summed E-state index contributed by atoms with van der Waals surface area (Å²) in [6, 6.07) is 8.67. The molecule has 2 aromatic rings. The van der Waals surface area contributed by atoms with E-state index in [4.69, 9.17) is 0 Å². The highest BCUT2D eigenvalue weighted by Crippen LogP contribution is 2.13. The number of benzene rings is 1. The lowest BCUT2D eigenvalue weighted by atomic mass is 10.2. The quantitative estimate of drug-likeness (QED) is 0.732. The van der Waals surface area contributed by atoms with Gasteiger partial charge in [-0.25, -0.2) is 4.98 Å². The van der Waals surface area contributed by atoms with Gasteiger partial charge in [-0.3, -0.25) is 0 Å². The van der Waals surface area contributed by atoms with Crippen molar-refractivity contribution in [3.63, 3.8) is 0 Å². The van der Waals surface area contributed by atoms with E-state index in [9.17, 15) is 0 Å². The Morgan fingerprint density at radius 1 is 1.38 bits per heavy atom. The van der Waals surface area contributed by atoms with E-state index in [1.54, 1.807) is 0 Å². The fraction of sp³-hybridized carbons (Fsp3) is 0.417. The fourth-order valence-electron chi connectivity index (χ4n) is 2.19. The Morgan fingerprint density at radius 3 is 3.12 bits per heavy atom. The SMILES string of the molecule is c1ccc2[nH]c(NC[C@H]3CCCN3)nc2c1. The number of anilines is 1. The van der Waals surface area contributed by atoms with Gasteiger partial charge in [0.05, 0.1) is 11.0 Å². The molecule has 1 aromatic heterocycles. The van der Waals surface area contributed by atoms with Crippen molar-refractivity contribution in [3.05, 3.63) is 24.3 Å². The van der Waals surface area contributed by atoms with Crippen molar-refractivity contribution in [2.45, 2.75) is 18.9 Å². The molecule has 16 heavy (non-hydrogen) atoms. The van der Waals surface area contributed by atoms with Gasteiger partial charge in [0.25, 0.3) is 0 Å². The first-order valence-corrected chi connectivity index (χ1v) is 5.84. The number of fused-ring (bicyclic) bond motifs is 1. The third-order valence-corrected chi connectivity index (χ3v) is 3.07. The number of nitrogens with zero attached hydrogens (tertiary/aromatic N) is 1. The lowest BCUT2D eigenvalue weighted by molar-refractivity contribution is 0.632. The first kappa shape index (κ1) is 9.66. The second-order valence-electron chi connectivity index (χ2n) is 4.28. The number of hydrogen-bond donors (Lipinski definition) is 3. The topological polar surface area (TPSA) is 52.7 Å². The minimum absolute atomic E-state index is 0.591. The standard InChI is InChI=1S/C12H16N4/c1-2-6-11-10(5-1)15-12(16-11)14-8-9-4-3-7-13-9/h1-2,5-6,9,13H,3-4,7-8H2,(H2,14,15,16)/t9-/m1/s1. The zero-order valence-electron chi connectivity index (χ0n) is 9.16. The first-order chi connectivity index (χ1) is 7.92. The summed E-state index contributed by atoms with van der Waals surface area (Å²) in [5.41, 5.74) is 2.11. The maximum absolute atomic E-state index is 4.48. The molecule has 0 aliphatic carbocycles. The van der Waals surface area contributed by atoms with E-state index in [2.05, 4.69) is 20.6 Å². The van der Waals surface area contributed by atoms with Crippen LogP contribution in [0.2, 0.25) is 0 Å². The van der Waals surface area contributed by atoms with E-state index in [0.717, 1.165) is 30.1 Å². The van der Waals surface area contributed by atoms with Gasteiger partial charge in [0.15, 0.2) is 0 Å². The normalized spacial score (nSPS) is 20.4. The molecule has 1 saturated heterocycles. The Hall–Kier alpha value is -1.55. The predicted molar refractivity (Wildman–Crippen MR) is 65.6 cm³/mol. The van der Waals surface area contributed by atoms with E-state index in [0.29, 0.717) is 6.04 Å². The third-order valence-electron chi connectivity index (χ3n) is 3.07. The fourth-order valence-corrected chi connectivity index (χ4v) is 2.19. The van der Waals surface area contributed by atoms with Crippen molar-refractivity contribution >= 4 is 17.0 Å². The van der Waals surface area contributed by atoms with E-state index in [1.165, 1.54) is 12.8 Å². The minimum Gasteiger partial charge on any atom is -0.354 e. The predicted octanol–water partition coefficient (Wildman–Crippen LogP) is 1.73. The van der Waals surface area contributed by atoms with Crippen molar-refractivity contribution in [2.75, 3.05) is 18.4 Å². The smallest absolute Gasteiger partial charge is 0.201 e. The van der Waals surface area contributed by atoms with E-state index < -0.39 is 0 Å². The maximum Gasteiger partial charge on any atom is 0.201 e. The molecule has 0 bridgehead atoms. The largest absolute Gasteiger partial charge is 0.354 e. The number of H-pyrrole nitrogens is 1. The number of hydrogen-bond acceptors (Lipinski definition) is 3. The zero-order chi connectivity index (χ0) is 10.8. The molecular weight excluding hydrogens is 200 g/mol. The van der Waals surface area contributed by atoms with Crippen molar-refractivity contribution in [1.29, 1.82) is 0 Å². The van der Waals surface area contributed by atoms with Crippen LogP contribution in [0.1, 0.15) is 12.8 Å². The average Bonchev–Trinajstić information content (AvgIpc) is 2.95. The van der Waals surface area contributed by atoms with Crippen molar-refractivity contribution in [2.24, 2.45) is 0 Å². The molecule has 0 amide bonds. The molecule has 0 unspecified atom stereocenters. The van der Waals surface area contributed by atoms with Crippen molar-refractivity contribution in [1.82, 2.24) is 15.3 Å². The molecule has 3 N–H and O–H groups in total. The number of para-hydroxylation sites is 2. The summed E-state index contributed by atoms with van der Waals surface area (Å²) < 4.78 is 0. The molecule has 1 aliphatic rings. The number of rotatable bonds is 3. The van der Waals surface area contributed by atoms with Crippen LogP contribution in [0.25, 0.3) is 11.0 Å². The Balaban J connectivity index is 1.69. The van der Waals surface area contributed by atoms with Gasteiger partial charge in [-0.2, -0.15) is 0 Å². The Bertz CT molecular complexity index is 438. The molecule has 84 valence electrons. The van der Waals surface area contributed by atoms with Crippen LogP contribution < -0.4 is 10.6 Å². The second-order valence-corrected chi connectivity index (χ2v) is 4.28. The molecule has 1 aliphatic heterocycles. The second kappa shape index (κ2) is 4.14. The van der Waals surface area contributed by atoms with Gasteiger partial charge in [-0.1, -0.05) is 12.1 Å². The molecule has 0 radical (unpaired) electrons. The minimum atomic E-state index is 0.591. The lowest BCUT2D eigenvalue weighted by Crippen LogP contribution is -2.29. The molecule has 4 heteroatoms. The van der Waals surface area contributed by atoms with Crippen molar-refractivity contribution in [3.8, 4) is 0 Å². The van der Waals surface area contributed by atoms with Crippen LogP contribution in [0.5, 0.6) is 0 Å². The molecule has 0 spiro atoms. The Kier molecular flexibility index (Phi) is 2.50. The molecular formula is C12H16N4. The van der Waals surface area contributed by atoms with Gasteiger partial charge in [-0.15, -0.1) is 0 Å². The van der Waals surface area contributed by atoms with E-state index in [1.807, 2.05) is 24.3 Å². The summed E-state index contributed by atoms with van der Waals surface area (Å²) in [5, 5.41) is 6.80. The van der Waals surface area contributed by atoms with Gasteiger partial charge >= 0.3 is 0 Å². The van der Waals surface area contributed by atoms with Crippen LogP contribution in [0.3, 0.4) is 0 Å². The highest BCUT2D eigenvalue weighted by Gasteiger charge is 2.13. The van der Waals surface area contributed by atoms with Gasteiger partial charge in [0.1, 0.15) is 0 Å². The molecule has 1 fully saturated rings. The molecule has 2 heterocycles. The number of nitrogens with one attached hydrogen (secondary N) is 3. The Labute approximate surface area is 94.5 Å². The van der Waals surface area contributed by atoms with E-state index >= 15 is 0 Å². The summed E-state index contributed by atoms with van der Waals surface area (Å²) in [4.78, 5) is 7.75. The summed E-state index contributed by atoms with van der Waals surface area (Å²) in [6.07, 6.45) is 2.54. The van der Waals surface area contributed by atoms with Gasteiger partial charge in [0.2, 0.25) is 5.95 Å². The summed E-state index contributed by atoms with van der Waals surface area (Å²) >= 11 is 0. The van der Waals surface area contributed by atoms with E-state index in [-0.39, 0.29) is 0 Å². The monoisotopic (exact) mass is 216 g/mol. The molecule has 0 saturated carbocycles. The lowest BCUT2D eigenvalue weighted by Gasteiger charge is -2.09. The number of aromatic nitrogens is 2. The summed E-state index contributed by atoms with van der Waals surface area (Å²) in [7, 11) is 0. The third kappa shape index (κ3) is 1.88. The highest BCUT2D eigenvalue weighted by atomic mass is 15.1. The average molecular weight is 216 g/mol. The van der Waals surface area contributed by atoms with Gasteiger partial charge < -0.3 is 15.6 Å².